The number of hydrogen-bond acceptors (Lipinski definition) is 5. The number of ether oxygens (including phenoxy) is 1. The fourth-order valence-corrected chi connectivity index (χ4v) is 4.78. The van der Waals surface area contributed by atoms with E-state index < -0.39 is 14.9 Å². The SMILES string of the molecule is COc1ccc([N+](=O)[O-])cc1S(=O)(=O)N1CC(C)CC(C)C1. The highest BCUT2D eigenvalue weighted by atomic mass is 32.2. The van der Waals surface area contributed by atoms with Gasteiger partial charge in [-0.25, -0.2) is 8.42 Å². The number of methoxy groups -OCH3 is 1. The van der Waals surface area contributed by atoms with Crippen molar-refractivity contribution in [2.75, 3.05) is 20.2 Å². The Balaban J connectivity index is 2.48. The van der Waals surface area contributed by atoms with Crippen LogP contribution >= 0.6 is 0 Å². The minimum atomic E-state index is -3.82. The Bertz CT molecular complexity index is 664. The molecule has 0 radical (unpaired) electrons. The van der Waals surface area contributed by atoms with Crippen LogP contribution in [0, 0.1) is 22.0 Å². The maximum Gasteiger partial charge on any atom is 0.271 e. The van der Waals surface area contributed by atoms with Gasteiger partial charge < -0.3 is 4.74 Å². The minimum absolute atomic E-state index is 0.122. The molecule has 1 aromatic rings. The molecule has 0 bridgehead atoms. The van der Waals surface area contributed by atoms with Crippen LogP contribution in [-0.2, 0) is 10.0 Å². The average Bonchev–Trinajstić information content (AvgIpc) is 2.45. The maximum absolute atomic E-state index is 12.9. The Morgan fingerprint density at radius 3 is 2.36 bits per heavy atom. The van der Waals surface area contributed by atoms with Crippen molar-refractivity contribution in [3.63, 3.8) is 0 Å². The number of piperidine rings is 1. The van der Waals surface area contributed by atoms with Crippen molar-refractivity contribution in [2.45, 2.75) is 25.2 Å². The second kappa shape index (κ2) is 6.21. The summed E-state index contributed by atoms with van der Waals surface area (Å²) in [6, 6.07) is 3.62. The number of non-ortho nitro benzene ring substituents is 1. The Morgan fingerprint density at radius 2 is 1.86 bits per heavy atom. The van der Waals surface area contributed by atoms with Crippen LogP contribution in [-0.4, -0.2) is 37.8 Å². The third-order valence-corrected chi connectivity index (χ3v) is 5.66. The quantitative estimate of drug-likeness (QED) is 0.625. The second-order valence-corrected chi connectivity index (χ2v) is 7.77. The molecule has 0 saturated carbocycles. The lowest BCUT2D eigenvalue weighted by molar-refractivity contribution is -0.385. The van der Waals surface area contributed by atoms with Crippen LogP contribution in [0.25, 0.3) is 0 Å². The molecule has 1 aliphatic rings. The van der Waals surface area contributed by atoms with Gasteiger partial charge in [-0.1, -0.05) is 13.8 Å². The van der Waals surface area contributed by atoms with Gasteiger partial charge in [0.25, 0.3) is 5.69 Å². The molecule has 1 aliphatic heterocycles. The van der Waals surface area contributed by atoms with E-state index >= 15 is 0 Å². The van der Waals surface area contributed by atoms with Gasteiger partial charge in [0.1, 0.15) is 10.6 Å². The fourth-order valence-electron chi connectivity index (χ4n) is 2.92. The van der Waals surface area contributed by atoms with Crippen LogP contribution in [0.15, 0.2) is 23.1 Å². The maximum atomic E-state index is 12.9. The number of benzene rings is 1. The summed E-state index contributed by atoms with van der Waals surface area (Å²) in [5.74, 6) is 0.628. The Labute approximate surface area is 130 Å². The summed E-state index contributed by atoms with van der Waals surface area (Å²) in [5, 5.41) is 10.9. The van der Waals surface area contributed by atoms with Crippen LogP contribution in [0.4, 0.5) is 5.69 Å². The Hall–Kier alpha value is -1.67. The normalized spacial score (nSPS) is 23.2. The molecule has 1 aromatic carbocycles. The highest BCUT2D eigenvalue weighted by Crippen LogP contribution is 2.33. The van der Waals surface area contributed by atoms with Crippen LogP contribution in [0.2, 0.25) is 0 Å². The largest absolute Gasteiger partial charge is 0.495 e. The molecule has 22 heavy (non-hydrogen) atoms. The molecular formula is C14H20N2O5S. The van der Waals surface area contributed by atoms with Gasteiger partial charge in [-0.05, 0) is 24.3 Å². The number of sulfonamides is 1. The molecule has 0 aliphatic carbocycles. The summed E-state index contributed by atoms with van der Waals surface area (Å²) < 4.78 is 32.2. The highest BCUT2D eigenvalue weighted by molar-refractivity contribution is 7.89. The summed E-state index contributed by atoms with van der Waals surface area (Å²) in [4.78, 5) is 10.2. The van der Waals surface area contributed by atoms with Crippen LogP contribution in [0.3, 0.4) is 0 Å². The molecule has 0 spiro atoms. The van der Waals surface area contributed by atoms with E-state index in [0.717, 1.165) is 12.5 Å². The van der Waals surface area contributed by atoms with E-state index in [9.17, 15) is 18.5 Å². The molecule has 0 aromatic heterocycles. The van der Waals surface area contributed by atoms with Gasteiger partial charge in [-0.3, -0.25) is 10.1 Å². The lowest BCUT2D eigenvalue weighted by Gasteiger charge is -2.34. The smallest absolute Gasteiger partial charge is 0.271 e. The van der Waals surface area contributed by atoms with E-state index in [1.807, 2.05) is 13.8 Å². The first kappa shape index (κ1) is 16.7. The third kappa shape index (κ3) is 3.22. The second-order valence-electron chi connectivity index (χ2n) is 5.86. The third-order valence-electron chi connectivity index (χ3n) is 3.81. The predicted octanol–water partition coefficient (Wildman–Crippen LogP) is 2.27. The van der Waals surface area contributed by atoms with Crippen molar-refractivity contribution in [1.29, 1.82) is 0 Å². The van der Waals surface area contributed by atoms with Crippen molar-refractivity contribution in [3.05, 3.63) is 28.3 Å². The Kier molecular flexibility index (Phi) is 4.72. The molecule has 8 heteroatoms. The first-order chi connectivity index (χ1) is 10.3. The van der Waals surface area contributed by atoms with Crippen molar-refractivity contribution in [2.24, 2.45) is 11.8 Å². The summed E-state index contributed by atoms with van der Waals surface area (Å²) in [6.07, 6.45) is 0.970. The fraction of sp³-hybridized carbons (Fsp3) is 0.571. The number of nitro groups is 1. The van der Waals surface area contributed by atoms with Crippen LogP contribution < -0.4 is 4.74 Å². The van der Waals surface area contributed by atoms with Gasteiger partial charge >= 0.3 is 0 Å². The number of nitrogens with zero attached hydrogens (tertiary/aromatic N) is 2. The molecule has 0 amide bonds. The van der Waals surface area contributed by atoms with Gasteiger partial charge in [0.15, 0.2) is 0 Å². The van der Waals surface area contributed by atoms with Crippen molar-refractivity contribution >= 4 is 15.7 Å². The summed E-state index contributed by atoms with van der Waals surface area (Å²) in [5.41, 5.74) is -0.266. The molecule has 0 N–H and O–H groups in total. The summed E-state index contributed by atoms with van der Waals surface area (Å²) in [6.45, 7) is 4.84. The average molecular weight is 328 g/mol. The molecule has 1 saturated heterocycles. The number of hydrogen-bond donors (Lipinski definition) is 0. The van der Waals surface area contributed by atoms with Crippen molar-refractivity contribution in [1.82, 2.24) is 4.31 Å². The van der Waals surface area contributed by atoms with E-state index in [1.165, 1.54) is 23.5 Å². The zero-order valence-corrected chi connectivity index (χ0v) is 13.7. The summed E-state index contributed by atoms with van der Waals surface area (Å²) in [7, 11) is -2.47. The highest BCUT2D eigenvalue weighted by Gasteiger charge is 2.34. The standard InChI is InChI=1S/C14H20N2O5S/c1-10-6-11(2)9-15(8-10)22(19,20)14-7-12(16(17)18)4-5-13(14)21-3/h4-5,7,10-11H,6,8-9H2,1-3H3. The Morgan fingerprint density at radius 1 is 1.27 bits per heavy atom. The zero-order valence-electron chi connectivity index (χ0n) is 12.9. The zero-order chi connectivity index (χ0) is 16.5. The molecule has 7 nitrogen and oxygen atoms in total. The lowest BCUT2D eigenvalue weighted by atomic mass is 9.94. The lowest BCUT2D eigenvalue weighted by Crippen LogP contribution is -2.42. The van der Waals surface area contributed by atoms with Crippen LogP contribution in [0.1, 0.15) is 20.3 Å². The number of rotatable bonds is 4. The van der Waals surface area contributed by atoms with Gasteiger partial charge in [0.05, 0.1) is 12.0 Å². The molecule has 1 heterocycles. The van der Waals surface area contributed by atoms with E-state index in [2.05, 4.69) is 0 Å². The van der Waals surface area contributed by atoms with Crippen molar-refractivity contribution < 1.29 is 18.1 Å². The van der Waals surface area contributed by atoms with Gasteiger partial charge in [0.2, 0.25) is 10.0 Å². The molecule has 2 atom stereocenters. The molecule has 1 fully saturated rings. The molecule has 2 rings (SSSR count). The summed E-state index contributed by atoms with van der Waals surface area (Å²) >= 11 is 0. The van der Waals surface area contributed by atoms with E-state index in [-0.39, 0.29) is 28.2 Å². The van der Waals surface area contributed by atoms with Gasteiger partial charge in [0, 0.05) is 25.2 Å². The van der Waals surface area contributed by atoms with Crippen molar-refractivity contribution in [3.8, 4) is 5.75 Å². The predicted molar refractivity (Wildman–Crippen MR) is 81.4 cm³/mol. The van der Waals surface area contributed by atoms with Gasteiger partial charge in [-0.2, -0.15) is 4.31 Å². The molecule has 2 unspecified atom stereocenters. The minimum Gasteiger partial charge on any atom is -0.495 e. The van der Waals surface area contributed by atoms with E-state index in [1.54, 1.807) is 0 Å². The van der Waals surface area contributed by atoms with E-state index in [4.69, 9.17) is 4.74 Å². The monoisotopic (exact) mass is 328 g/mol. The van der Waals surface area contributed by atoms with E-state index in [0.29, 0.717) is 13.1 Å². The molecular weight excluding hydrogens is 308 g/mol. The first-order valence-corrected chi connectivity index (χ1v) is 8.52. The number of nitro benzene ring substituents is 1. The molecule has 122 valence electrons. The first-order valence-electron chi connectivity index (χ1n) is 7.08. The van der Waals surface area contributed by atoms with Gasteiger partial charge in [-0.15, -0.1) is 0 Å². The van der Waals surface area contributed by atoms with Crippen LogP contribution in [0.5, 0.6) is 5.75 Å². The topological polar surface area (TPSA) is 89.7 Å².